The van der Waals surface area contributed by atoms with Gasteiger partial charge in [0, 0.05) is 31.9 Å². The number of amides is 1. The van der Waals surface area contributed by atoms with Gasteiger partial charge in [-0.25, -0.2) is 0 Å². The lowest BCUT2D eigenvalue weighted by Gasteiger charge is -2.25. The lowest BCUT2D eigenvalue weighted by molar-refractivity contribution is -0.139. The van der Waals surface area contributed by atoms with Gasteiger partial charge in [-0.3, -0.25) is 9.59 Å². The van der Waals surface area contributed by atoms with Crippen LogP contribution in [0.4, 0.5) is 5.69 Å². The Morgan fingerprint density at radius 1 is 1.13 bits per heavy atom. The smallest absolute Gasteiger partial charge is 0.295 e. The van der Waals surface area contributed by atoms with Crippen LogP contribution in [-0.4, -0.2) is 48.4 Å². The van der Waals surface area contributed by atoms with Gasteiger partial charge in [0.2, 0.25) is 0 Å². The first-order valence-corrected chi connectivity index (χ1v) is 10.6. The Kier molecular flexibility index (Phi) is 6.68. The zero-order valence-electron chi connectivity index (χ0n) is 18.8. The SMILES string of the molecule is CCCN1C(=O)C(=O)/C(=C(\O)c2cccc(OC(C)C)c2)C1c1ccc(N(C)C)cc1. The maximum Gasteiger partial charge on any atom is 0.295 e. The second kappa shape index (κ2) is 9.25. The molecule has 6 heteroatoms. The topological polar surface area (TPSA) is 70.1 Å². The van der Waals surface area contributed by atoms with E-state index in [9.17, 15) is 14.7 Å². The number of ether oxygens (including phenoxy) is 1. The summed E-state index contributed by atoms with van der Waals surface area (Å²) in [5.74, 6) is -0.843. The Balaban J connectivity index is 2.12. The van der Waals surface area contributed by atoms with Crippen molar-refractivity contribution in [3.05, 3.63) is 65.2 Å². The molecular weight excluding hydrogens is 392 g/mol. The first-order valence-electron chi connectivity index (χ1n) is 10.6. The van der Waals surface area contributed by atoms with Crippen molar-refractivity contribution in [3.8, 4) is 5.75 Å². The van der Waals surface area contributed by atoms with Gasteiger partial charge in [0.05, 0.1) is 17.7 Å². The first-order chi connectivity index (χ1) is 14.7. The molecule has 0 bridgehead atoms. The van der Waals surface area contributed by atoms with Gasteiger partial charge in [-0.1, -0.05) is 31.2 Å². The summed E-state index contributed by atoms with van der Waals surface area (Å²) in [6.07, 6.45) is 0.680. The van der Waals surface area contributed by atoms with Crippen molar-refractivity contribution >= 4 is 23.1 Å². The van der Waals surface area contributed by atoms with E-state index in [0.717, 1.165) is 11.3 Å². The van der Waals surface area contributed by atoms with Crippen LogP contribution < -0.4 is 9.64 Å². The van der Waals surface area contributed by atoms with E-state index >= 15 is 0 Å². The predicted octanol–water partition coefficient (Wildman–Crippen LogP) is 4.37. The molecule has 1 aliphatic rings. The molecule has 2 aromatic carbocycles. The average Bonchev–Trinajstić information content (AvgIpc) is 2.98. The molecule has 0 aliphatic carbocycles. The highest BCUT2D eigenvalue weighted by Crippen LogP contribution is 2.40. The number of hydrogen-bond acceptors (Lipinski definition) is 5. The van der Waals surface area contributed by atoms with Crippen LogP contribution in [0, 0.1) is 0 Å². The van der Waals surface area contributed by atoms with E-state index < -0.39 is 17.7 Å². The molecule has 0 aromatic heterocycles. The van der Waals surface area contributed by atoms with Crippen molar-refractivity contribution in [1.82, 2.24) is 4.90 Å². The average molecular weight is 423 g/mol. The number of aliphatic hydroxyl groups excluding tert-OH is 1. The van der Waals surface area contributed by atoms with Gasteiger partial charge in [0.25, 0.3) is 11.7 Å². The number of ketones is 1. The van der Waals surface area contributed by atoms with Crippen molar-refractivity contribution in [1.29, 1.82) is 0 Å². The fourth-order valence-electron chi connectivity index (χ4n) is 3.80. The number of benzene rings is 2. The first kappa shape index (κ1) is 22.4. The molecule has 1 amide bonds. The molecule has 1 unspecified atom stereocenters. The number of carbonyl (C=O) groups excluding carboxylic acids is 2. The van der Waals surface area contributed by atoms with E-state index in [1.54, 1.807) is 29.2 Å². The molecule has 0 spiro atoms. The normalized spacial score (nSPS) is 18.0. The van der Waals surface area contributed by atoms with Crippen LogP contribution in [-0.2, 0) is 9.59 Å². The number of anilines is 1. The fourth-order valence-corrected chi connectivity index (χ4v) is 3.80. The molecular formula is C25H30N2O4. The zero-order chi connectivity index (χ0) is 22.7. The summed E-state index contributed by atoms with van der Waals surface area (Å²) in [5, 5.41) is 11.1. The van der Waals surface area contributed by atoms with Crippen LogP contribution in [0.15, 0.2) is 54.1 Å². The number of hydrogen-bond donors (Lipinski definition) is 1. The predicted molar refractivity (Wildman–Crippen MR) is 122 cm³/mol. The Hall–Kier alpha value is -3.28. The Bertz CT molecular complexity index is 993. The summed E-state index contributed by atoms with van der Waals surface area (Å²) >= 11 is 0. The zero-order valence-corrected chi connectivity index (χ0v) is 18.8. The lowest BCUT2D eigenvalue weighted by atomic mass is 9.95. The number of likely N-dealkylation sites (tertiary alicyclic amines) is 1. The van der Waals surface area contributed by atoms with Crippen LogP contribution in [0.1, 0.15) is 44.4 Å². The number of aliphatic hydroxyl groups is 1. The molecule has 6 nitrogen and oxygen atoms in total. The third-order valence-electron chi connectivity index (χ3n) is 5.21. The highest BCUT2D eigenvalue weighted by molar-refractivity contribution is 6.46. The van der Waals surface area contributed by atoms with E-state index in [4.69, 9.17) is 4.74 Å². The van der Waals surface area contributed by atoms with Crippen LogP contribution in [0.5, 0.6) is 5.75 Å². The molecule has 1 aliphatic heterocycles. The second-order valence-corrected chi connectivity index (χ2v) is 8.17. The highest BCUT2D eigenvalue weighted by atomic mass is 16.5. The summed E-state index contributed by atoms with van der Waals surface area (Å²) in [7, 11) is 3.90. The van der Waals surface area contributed by atoms with E-state index in [1.807, 2.05) is 64.0 Å². The van der Waals surface area contributed by atoms with Crippen molar-refractivity contribution in [3.63, 3.8) is 0 Å². The van der Waals surface area contributed by atoms with Gasteiger partial charge in [-0.2, -0.15) is 0 Å². The molecule has 1 fully saturated rings. The van der Waals surface area contributed by atoms with Crippen molar-refractivity contribution in [2.45, 2.75) is 39.3 Å². The van der Waals surface area contributed by atoms with Gasteiger partial charge < -0.3 is 19.6 Å². The van der Waals surface area contributed by atoms with E-state index in [0.29, 0.717) is 24.3 Å². The van der Waals surface area contributed by atoms with E-state index in [-0.39, 0.29) is 17.4 Å². The molecule has 164 valence electrons. The molecule has 2 aromatic rings. The quantitative estimate of drug-likeness (QED) is 0.408. The minimum atomic E-state index is -0.664. The van der Waals surface area contributed by atoms with Crippen LogP contribution in [0.2, 0.25) is 0 Å². The summed E-state index contributed by atoms with van der Waals surface area (Å²) in [5.41, 5.74) is 2.35. The highest BCUT2D eigenvalue weighted by Gasteiger charge is 2.45. The summed E-state index contributed by atoms with van der Waals surface area (Å²) < 4.78 is 5.72. The van der Waals surface area contributed by atoms with Gasteiger partial charge >= 0.3 is 0 Å². The number of carbonyl (C=O) groups is 2. The van der Waals surface area contributed by atoms with E-state index in [2.05, 4.69) is 0 Å². The molecule has 0 saturated carbocycles. The van der Waals surface area contributed by atoms with Gasteiger partial charge in [0.1, 0.15) is 11.5 Å². The maximum atomic E-state index is 13.0. The Morgan fingerprint density at radius 2 is 1.81 bits per heavy atom. The second-order valence-electron chi connectivity index (χ2n) is 8.17. The van der Waals surface area contributed by atoms with E-state index in [1.165, 1.54) is 0 Å². The molecule has 1 N–H and O–H groups in total. The Morgan fingerprint density at radius 3 is 2.39 bits per heavy atom. The van der Waals surface area contributed by atoms with Crippen molar-refractivity contribution < 1.29 is 19.4 Å². The third kappa shape index (κ3) is 4.58. The Labute approximate surface area is 183 Å². The molecule has 1 heterocycles. The number of Topliss-reactive ketones (excluding diaryl/α,β-unsaturated/α-hetero) is 1. The molecule has 1 atom stereocenters. The maximum absolute atomic E-state index is 13.0. The summed E-state index contributed by atoms with van der Waals surface area (Å²) in [4.78, 5) is 29.3. The van der Waals surface area contributed by atoms with Crippen molar-refractivity contribution in [2.75, 3.05) is 25.5 Å². The van der Waals surface area contributed by atoms with Crippen LogP contribution >= 0.6 is 0 Å². The largest absolute Gasteiger partial charge is 0.507 e. The van der Waals surface area contributed by atoms with Gasteiger partial charge in [-0.05, 0) is 50.1 Å². The molecule has 0 radical (unpaired) electrons. The number of nitrogens with zero attached hydrogens (tertiary/aromatic N) is 2. The van der Waals surface area contributed by atoms with Crippen LogP contribution in [0.3, 0.4) is 0 Å². The minimum absolute atomic E-state index is 0.0252. The van der Waals surface area contributed by atoms with Crippen molar-refractivity contribution in [2.24, 2.45) is 0 Å². The monoisotopic (exact) mass is 422 g/mol. The number of rotatable bonds is 7. The van der Waals surface area contributed by atoms with Crippen LogP contribution in [0.25, 0.3) is 5.76 Å². The summed E-state index contributed by atoms with van der Waals surface area (Å²) in [6.45, 7) is 6.22. The fraction of sp³-hybridized carbons (Fsp3) is 0.360. The standard InChI is InChI=1S/C25H30N2O4/c1-6-14-27-22(17-10-12-19(13-11-17)26(4)5)21(24(29)25(27)30)23(28)18-8-7-9-20(15-18)31-16(2)3/h7-13,15-16,22,28H,6,14H2,1-5H3/b23-21-. The molecule has 1 saturated heterocycles. The molecule has 31 heavy (non-hydrogen) atoms. The third-order valence-corrected chi connectivity index (χ3v) is 5.21. The molecule has 3 rings (SSSR count). The van der Waals surface area contributed by atoms with Gasteiger partial charge in [0.15, 0.2) is 0 Å². The summed E-state index contributed by atoms with van der Waals surface area (Å²) in [6, 6.07) is 14.0. The minimum Gasteiger partial charge on any atom is -0.507 e. The lowest BCUT2D eigenvalue weighted by Crippen LogP contribution is -2.30. The van der Waals surface area contributed by atoms with Gasteiger partial charge in [-0.15, -0.1) is 0 Å².